The highest BCUT2D eigenvalue weighted by Crippen LogP contribution is 2.21. The van der Waals surface area contributed by atoms with Crippen LogP contribution < -0.4 is 14.8 Å². The van der Waals surface area contributed by atoms with E-state index < -0.39 is 0 Å². The first-order chi connectivity index (χ1) is 10.3. The Hall–Kier alpha value is -2.14. The SMILES string of the molecule is CCCNCc1cnc(Oc2ccc(OCC)cc2)cn1. The van der Waals surface area contributed by atoms with Crippen molar-refractivity contribution in [1.29, 1.82) is 0 Å². The first-order valence-electron chi connectivity index (χ1n) is 7.24. The summed E-state index contributed by atoms with van der Waals surface area (Å²) in [7, 11) is 0. The van der Waals surface area contributed by atoms with Crippen molar-refractivity contribution in [2.45, 2.75) is 26.8 Å². The summed E-state index contributed by atoms with van der Waals surface area (Å²) in [6, 6.07) is 7.44. The lowest BCUT2D eigenvalue weighted by Crippen LogP contribution is -2.14. The van der Waals surface area contributed by atoms with Gasteiger partial charge in [0.05, 0.1) is 24.7 Å². The molecule has 0 spiro atoms. The number of aromatic nitrogens is 2. The molecule has 112 valence electrons. The van der Waals surface area contributed by atoms with Gasteiger partial charge in [-0.2, -0.15) is 0 Å². The monoisotopic (exact) mass is 287 g/mol. The summed E-state index contributed by atoms with van der Waals surface area (Å²) in [5.74, 6) is 2.02. The fraction of sp³-hybridized carbons (Fsp3) is 0.375. The maximum atomic E-state index is 5.64. The molecule has 1 aromatic carbocycles. The van der Waals surface area contributed by atoms with Gasteiger partial charge in [-0.15, -0.1) is 0 Å². The van der Waals surface area contributed by atoms with Crippen LogP contribution in [0.25, 0.3) is 0 Å². The van der Waals surface area contributed by atoms with Crippen LogP contribution in [-0.2, 0) is 6.54 Å². The normalized spacial score (nSPS) is 10.4. The van der Waals surface area contributed by atoms with Crippen LogP contribution in [0.5, 0.6) is 17.4 Å². The third-order valence-electron chi connectivity index (χ3n) is 2.77. The fourth-order valence-electron chi connectivity index (χ4n) is 1.77. The molecule has 0 radical (unpaired) electrons. The molecular formula is C16H21N3O2. The number of nitrogens with zero attached hydrogens (tertiary/aromatic N) is 2. The van der Waals surface area contributed by atoms with Crippen molar-refractivity contribution in [1.82, 2.24) is 15.3 Å². The summed E-state index contributed by atoms with van der Waals surface area (Å²) in [5.41, 5.74) is 0.905. The fourth-order valence-corrected chi connectivity index (χ4v) is 1.77. The molecule has 0 aliphatic heterocycles. The Kier molecular flexibility index (Phi) is 5.97. The lowest BCUT2D eigenvalue weighted by atomic mass is 10.3. The predicted octanol–water partition coefficient (Wildman–Crippen LogP) is 3.17. The van der Waals surface area contributed by atoms with E-state index in [4.69, 9.17) is 9.47 Å². The van der Waals surface area contributed by atoms with Crippen LogP contribution in [0, 0.1) is 0 Å². The lowest BCUT2D eigenvalue weighted by molar-refractivity contribution is 0.339. The van der Waals surface area contributed by atoms with Crippen molar-refractivity contribution in [3.8, 4) is 17.4 Å². The number of hydrogen-bond donors (Lipinski definition) is 1. The number of rotatable bonds is 8. The molecule has 0 saturated heterocycles. The maximum absolute atomic E-state index is 5.64. The lowest BCUT2D eigenvalue weighted by Gasteiger charge is -2.07. The Morgan fingerprint density at radius 1 is 1.00 bits per heavy atom. The van der Waals surface area contributed by atoms with E-state index in [1.807, 2.05) is 31.2 Å². The summed E-state index contributed by atoms with van der Waals surface area (Å²) >= 11 is 0. The Balaban J connectivity index is 1.90. The minimum atomic E-state index is 0.485. The average molecular weight is 287 g/mol. The van der Waals surface area contributed by atoms with Crippen molar-refractivity contribution in [3.63, 3.8) is 0 Å². The van der Waals surface area contributed by atoms with Gasteiger partial charge in [0, 0.05) is 6.54 Å². The molecule has 0 atom stereocenters. The van der Waals surface area contributed by atoms with E-state index in [0.29, 0.717) is 18.2 Å². The molecule has 5 heteroatoms. The van der Waals surface area contributed by atoms with Crippen LogP contribution in [0.1, 0.15) is 26.0 Å². The molecule has 0 aliphatic carbocycles. The Morgan fingerprint density at radius 2 is 1.76 bits per heavy atom. The second-order valence-electron chi connectivity index (χ2n) is 4.53. The van der Waals surface area contributed by atoms with E-state index in [9.17, 15) is 0 Å². The smallest absolute Gasteiger partial charge is 0.237 e. The highest BCUT2D eigenvalue weighted by Gasteiger charge is 2.01. The number of nitrogens with one attached hydrogen (secondary N) is 1. The van der Waals surface area contributed by atoms with Gasteiger partial charge in [-0.1, -0.05) is 6.92 Å². The van der Waals surface area contributed by atoms with Gasteiger partial charge in [0.2, 0.25) is 5.88 Å². The van der Waals surface area contributed by atoms with Crippen LogP contribution in [0.3, 0.4) is 0 Å². The Labute approximate surface area is 125 Å². The van der Waals surface area contributed by atoms with Crippen molar-refractivity contribution >= 4 is 0 Å². The molecule has 2 aromatic rings. The topological polar surface area (TPSA) is 56.3 Å². The molecular weight excluding hydrogens is 266 g/mol. The number of ether oxygens (including phenoxy) is 2. The van der Waals surface area contributed by atoms with Gasteiger partial charge in [-0.25, -0.2) is 4.98 Å². The van der Waals surface area contributed by atoms with Crippen LogP contribution in [0.15, 0.2) is 36.7 Å². The van der Waals surface area contributed by atoms with Crippen LogP contribution in [0.4, 0.5) is 0 Å². The maximum Gasteiger partial charge on any atom is 0.237 e. The molecule has 0 unspecified atom stereocenters. The van der Waals surface area contributed by atoms with Gasteiger partial charge < -0.3 is 14.8 Å². The third-order valence-corrected chi connectivity index (χ3v) is 2.77. The van der Waals surface area contributed by atoms with Gasteiger partial charge in [0.25, 0.3) is 0 Å². The third kappa shape index (κ3) is 5.04. The zero-order valence-corrected chi connectivity index (χ0v) is 12.5. The Morgan fingerprint density at radius 3 is 2.38 bits per heavy atom. The summed E-state index contributed by atoms with van der Waals surface area (Å²) in [6.45, 7) is 6.44. The van der Waals surface area contributed by atoms with Gasteiger partial charge >= 0.3 is 0 Å². The minimum Gasteiger partial charge on any atom is -0.494 e. The van der Waals surface area contributed by atoms with Gasteiger partial charge in [-0.05, 0) is 44.2 Å². The van der Waals surface area contributed by atoms with E-state index in [2.05, 4.69) is 22.2 Å². The second kappa shape index (κ2) is 8.21. The van der Waals surface area contributed by atoms with Crippen molar-refractivity contribution < 1.29 is 9.47 Å². The van der Waals surface area contributed by atoms with E-state index in [1.54, 1.807) is 12.4 Å². The quantitative estimate of drug-likeness (QED) is 0.756. The standard InChI is InChI=1S/C16H21N3O2/c1-3-9-17-10-13-11-19-16(12-18-13)21-15-7-5-14(6-8-15)20-4-2/h5-8,11-12,17H,3-4,9-10H2,1-2H3. The zero-order chi connectivity index (χ0) is 14.9. The van der Waals surface area contributed by atoms with Crippen molar-refractivity contribution in [2.24, 2.45) is 0 Å². The van der Waals surface area contributed by atoms with Crippen molar-refractivity contribution in [3.05, 3.63) is 42.4 Å². The van der Waals surface area contributed by atoms with Crippen LogP contribution in [0.2, 0.25) is 0 Å². The van der Waals surface area contributed by atoms with E-state index in [1.165, 1.54) is 0 Å². The Bertz CT molecular complexity index is 526. The molecule has 0 saturated carbocycles. The van der Waals surface area contributed by atoms with E-state index in [0.717, 1.165) is 31.0 Å². The van der Waals surface area contributed by atoms with E-state index >= 15 is 0 Å². The minimum absolute atomic E-state index is 0.485. The summed E-state index contributed by atoms with van der Waals surface area (Å²) < 4.78 is 11.0. The molecule has 21 heavy (non-hydrogen) atoms. The molecule has 0 bridgehead atoms. The molecule has 1 N–H and O–H groups in total. The molecule has 0 amide bonds. The summed E-state index contributed by atoms with van der Waals surface area (Å²) in [5, 5.41) is 3.28. The molecule has 2 rings (SSSR count). The van der Waals surface area contributed by atoms with E-state index in [-0.39, 0.29) is 0 Å². The highest BCUT2D eigenvalue weighted by atomic mass is 16.5. The predicted molar refractivity (Wildman–Crippen MR) is 81.7 cm³/mol. The molecule has 1 heterocycles. The van der Waals surface area contributed by atoms with Crippen molar-refractivity contribution in [2.75, 3.05) is 13.2 Å². The molecule has 1 aromatic heterocycles. The van der Waals surface area contributed by atoms with Gasteiger partial charge in [0.15, 0.2) is 0 Å². The van der Waals surface area contributed by atoms with Gasteiger partial charge in [-0.3, -0.25) is 4.98 Å². The first-order valence-corrected chi connectivity index (χ1v) is 7.24. The highest BCUT2D eigenvalue weighted by molar-refractivity contribution is 5.33. The summed E-state index contributed by atoms with van der Waals surface area (Å²) in [4.78, 5) is 8.57. The van der Waals surface area contributed by atoms with Crippen LogP contribution in [-0.4, -0.2) is 23.1 Å². The molecule has 5 nitrogen and oxygen atoms in total. The largest absolute Gasteiger partial charge is 0.494 e. The zero-order valence-electron chi connectivity index (χ0n) is 12.5. The first kappa shape index (κ1) is 15.3. The van der Waals surface area contributed by atoms with Crippen LogP contribution >= 0.6 is 0 Å². The molecule has 0 fully saturated rings. The average Bonchev–Trinajstić information content (AvgIpc) is 2.51. The summed E-state index contributed by atoms with van der Waals surface area (Å²) in [6.07, 6.45) is 4.47. The molecule has 0 aliphatic rings. The van der Waals surface area contributed by atoms with Gasteiger partial charge in [0.1, 0.15) is 11.5 Å². The number of hydrogen-bond acceptors (Lipinski definition) is 5. The number of benzene rings is 1. The second-order valence-corrected chi connectivity index (χ2v) is 4.53.